The number of carboxylic acid groups (broad SMARTS) is 1. The first-order chi connectivity index (χ1) is 12.4. The number of hydrogen-bond donors (Lipinski definition) is 3. The lowest BCUT2D eigenvalue weighted by molar-refractivity contribution is -0.0733. The van der Waals surface area contributed by atoms with Crippen molar-refractivity contribution in [3.05, 3.63) is 18.1 Å². The average Bonchev–Trinajstić information content (AvgIpc) is 3.10. The molecule has 2 heterocycles. The number of hydrogen-bond acceptors (Lipinski definition) is 5. The summed E-state index contributed by atoms with van der Waals surface area (Å²) in [5, 5.41) is 13.0. The zero-order chi connectivity index (χ0) is 18.9. The molecular weight excluding hydrogens is 332 g/mol. The summed E-state index contributed by atoms with van der Waals surface area (Å²) in [7, 11) is 1.80. The van der Waals surface area contributed by atoms with E-state index in [0.29, 0.717) is 28.7 Å². The van der Waals surface area contributed by atoms with Crippen LogP contribution in [0.2, 0.25) is 0 Å². The standard InChI is InChI=1S/C19H28N4O3/c1-5-19(26-4)7-11(2)6-13(8-19)12(3)23-15-14(18(24)25)9-20-17-16(15)21-10-22-17/h9-13H,5-8H2,1-4H3,(H,24,25)(H2,20,21,22,23)/t11?,12-,13+,19-/m1/s1. The summed E-state index contributed by atoms with van der Waals surface area (Å²) in [5.74, 6) is -0.0453. The van der Waals surface area contributed by atoms with Crippen LogP contribution in [0.3, 0.4) is 0 Å². The highest BCUT2D eigenvalue weighted by molar-refractivity contribution is 6.02. The number of nitrogens with zero attached hydrogens (tertiary/aromatic N) is 2. The first kappa shape index (κ1) is 18.6. The maximum atomic E-state index is 11.7. The van der Waals surface area contributed by atoms with E-state index in [9.17, 15) is 9.90 Å². The van der Waals surface area contributed by atoms with E-state index < -0.39 is 5.97 Å². The van der Waals surface area contributed by atoms with Crippen molar-refractivity contribution < 1.29 is 14.6 Å². The third-order valence-corrected chi connectivity index (χ3v) is 5.89. The van der Waals surface area contributed by atoms with Gasteiger partial charge in [0, 0.05) is 19.3 Å². The molecule has 2 aromatic rings. The van der Waals surface area contributed by atoms with E-state index in [-0.39, 0.29) is 17.2 Å². The zero-order valence-corrected chi connectivity index (χ0v) is 15.9. The second-order valence-electron chi connectivity index (χ2n) is 7.63. The molecule has 1 saturated carbocycles. The maximum Gasteiger partial charge on any atom is 0.339 e. The van der Waals surface area contributed by atoms with Crippen molar-refractivity contribution in [2.45, 2.75) is 58.1 Å². The van der Waals surface area contributed by atoms with Crippen LogP contribution in [0, 0.1) is 11.8 Å². The fraction of sp³-hybridized carbons (Fsp3) is 0.632. The van der Waals surface area contributed by atoms with Gasteiger partial charge in [-0.05, 0) is 44.4 Å². The molecule has 2 aromatic heterocycles. The van der Waals surface area contributed by atoms with Gasteiger partial charge in [0.2, 0.25) is 0 Å². The van der Waals surface area contributed by atoms with Gasteiger partial charge >= 0.3 is 5.97 Å². The highest BCUT2D eigenvalue weighted by atomic mass is 16.5. The zero-order valence-electron chi connectivity index (χ0n) is 15.9. The molecule has 3 N–H and O–H groups in total. The van der Waals surface area contributed by atoms with E-state index in [4.69, 9.17) is 4.74 Å². The molecule has 0 radical (unpaired) electrons. The highest BCUT2D eigenvalue weighted by Crippen LogP contribution is 2.42. The number of methoxy groups -OCH3 is 1. The van der Waals surface area contributed by atoms with Gasteiger partial charge in [-0.25, -0.2) is 14.8 Å². The number of H-pyrrole nitrogens is 1. The Morgan fingerprint density at radius 3 is 2.92 bits per heavy atom. The molecule has 0 amide bonds. The number of anilines is 1. The number of rotatable bonds is 6. The number of aromatic nitrogens is 3. The van der Waals surface area contributed by atoms with Gasteiger partial charge in [0.15, 0.2) is 5.65 Å². The minimum Gasteiger partial charge on any atom is -0.478 e. The van der Waals surface area contributed by atoms with Gasteiger partial charge in [-0.2, -0.15) is 0 Å². The number of pyridine rings is 1. The van der Waals surface area contributed by atoms with E-state index in [1.54, 1.807) is 7.11 Å². The number of carboxylic acids is 1. The Labute approximate surface area is 153 Å². The lowest BCUT2D eigenvalue weighted by Crippen LogP contribution is -2.44. The van der Waals surface area contributed by atoms with Crippen LogP contribution < -0.4 is 5.32 Å². The number of imidazole rings is 1. The molecule has 1 unspecified atom stereocenters. The van der Waals surface area contributed by atoms with Crippen LogP contribution in [0.25, 0.3) is 11.2 Å². The Morgan fingerprint density at radius 2 is 2.27 bits per heavy atom. The number of aromatic carboxylic acids is 1. The van der Waals surface area contributed by atoms with Gasteiger partial charge in [-0.3, -0.25) is 0 Å². The van der Waals surface area contributed by atoms with E-state index in [1.165, 1.54) is 12.5 Å². The Balaban J connectivity index is 1.89. The van der Waals surface area contributed by atoms with Crippen LogP contribution in [0.15, 0.2) is 12.5 Å². The molecule has 0 saturated heterocycles. The van der Waals surface area contributed by atoms with Crippen molar-refractivity contribution in [1.29, 1.82) is 0 Å². The van der Waals surface area contributed by atoms with Crippen molar-refractivity contribution in [2.75, 3.05) is 12.4 Å². The first-order valence-electron chi connectivity index (χ1n) is 9.26. The molecule has 1 fully saturated rings. The normalized spacial score (nSPS) is 27.4. The summed E-state index contributed by atoms with van der Waals surface area (Å²) in [6.45, 7) is 6.56. The van der Waals surface area contributed by atoms with Crippen LogP contribution in [-0.4, -0.2) is 44.8 Å². The molecule has 0 aromatic carbocycles. The summed E-state index contributed by atoms with van der Waals surface area (Å²) in [6, 6.07) is 0.0965. The van der Waals surface area contributed by atoms with Crippen LogP contribution >= 0.6 is 0 Å². The minimum absolute atomic E-state index is 0.0895. The summed E-state index contributed by atoms with van der Waals surface area (Å²) in [4.78, 5) is 23.0. The highest BCUT2D eigenvalue weighted by Gasteiger charge is 2.40. The molecule has 0 aliphatic heterocycles. The van der Waals surface area contributed by atoms with Crippen molar-refractivity contribution in [3.8, 4) is 0 Å². The van der Waals surface area contributed by atoms with Crippen LogP contribution in [0.1, 0.15) is 56.8 Å². The number of aromatic amines is 1. The molecule has 1 aliphatic rings. The van der Waals surface area contributed by atoms with Crippen molar-refractivity contribution in [3.63, 3.8) is 0 Å². The number of nitrogens with one attached hydrogen (secondary N) is 2. The summed E-state index contributed by atoms with van der Waals surface area (Å²) >= 11 is 0. The minimum atomic E-state index is -1.01. The molecule has 0 spiro atoms. The summed E-state index contributed by atoms with van der Waals surface area (Å²) in [5.41, 5.74) is 1.74. The molecule has 1 aliphatic carbocycles. The number of ether oxygens (including phenoxy) is 1. The molecule has 26 heavy (non-hydrogen) atoms. The molecule has 4 atom stereocenters. The molecule has 0 bridgehead atoms. The third-order valence-electron chi connectivity index (χ3n) is 5.89. The molecule has 142 valence electrons. The van der Waals surface area contributed by atoms with Crippen LogP contribution in [-0.2, 0) is 4.74 Å². The second kappa shape index (κ2) is 7.23. The largest absolute Gasteiger partial charge is 0.478 e. The Hall–Kier alpha value is -2.15. The van der Waals surface area contributed by atoms with Crippen molar-refractivity contribution in [2.24, 2.45) is 11.8 Å². The number of carbonyl (C=O) groups is 1. The predicted octanol–water partition coefficient (Wildman–Crippen LogP) is 3.69. The summed E-state index contributed by atoms with van der Waals surface area (Å²) in [6.07, 6.45) is 7.03. The van der Waals surface area contributed by atoms with E-state index in [0.717, 1.165) is 25.7 Å². The van der Waals surface area contributed by atoms with Crippen LogP contribution in [0.4, 0.5) is 5.69 Å². The second-order valence-corrected chi connectivity index (χ2v) is 7.63. The molecular formula is C19H28N4O3. The quantitative estimate of drug-likeness (QED) is 0.726. The first-order valence-corrected chi connectivity index (χ1v) is 9.26. The van der Waals surface area contributed by atoms with Gasteiger partial charge in [-0.15, -0.1) is 0 Å². The third kappa shape index (κ3) is 3.40. The molecule has 7 heteroatoms. The SMILES string of the molecule is CC[C@@]1(OC)CC(C)C[C@H]([C@@H](C)Nc2c(C(=O)O)cnc3[nH]cnc23)C1. The van der Waals surface area contributed by atoms with Gasteiger partial charge in [-0.1, -0.05) is 13.8 Å². The smallest absolute Gasteiger partial charge is 0.339 e. The fourth-order valence-corrected chi connectivity index (χ4v) is 4.40. The Kier molecular flexibility index (Phi) is 5.18. The van der Waals surface area contributed by atoms with Gasteiger partial charge < -0.3 is 20.1 Å². The maximum absolute atomic E-state index is 11.7. The van der Waals surface area contributed by atoms with E-state index >= 15 is 0 Å². The van der Waals surface area contributed by atoms with Crippen molar-refractivity contribution in [1.82, 2.24) is 15.0 Å². The molecule has 7 nitrogen and oxygen atoms in total. The van der Waals surface area contributed by atoms with Gasteiger partial charge in [0.1, 0.15) is 11.1 Å². The lowest BCUT2D eigenvalue weighted by atomic mass is 9.69. The summed E-state index contributed by atoms with van der Waals surface area (Å²) < 4.78 is 5.90. The van der Waals surface area contributed by atoms with Crippen molar-refractivity contribution >= 4 is 22.8 Å². The average molecular weight is 360 g/mol. The fourth-order valence-electron chi connectivity index (χ4n) is 4.40. The van der Waals surface area contributed by atoms with Gasteiger partial charge in [0.05, 0.1) is 17.6 Å². The van der Waals surface area contributed by atoms with E-state index in [1.807, 2.05) is 0 Å². The van der Waals surface area contributed by atoms with Gasteiger partial charge in [0.25, 0.3) is 0 Å². The molecule has 3 rings (SSSR count). The predicted molar refractivity (Wildman–Crippen MR) is 100 cm³/mol. The number of fused-ring (bicyclic) bond motifs is 1. The Morgan fingerprint density at radius 1 is 1.50 bits per heavy atom. The Bertz CT molecular complexity index is 784. The topological polar surface area (TPSA) is 100 Å². The van der Waals surface area contributed by atoms with E-state index in [2.05, 4.69) is 41.0 Å². The van der Waals surface area contributed by atoms with Crippen LogP contribution in [0.5, 0.6) is 0 Å². The lowest BCUT2D eigenvalue weighted by Gasteiger charge is -2.44. The monoisotopic (exact) mass is 360 g/mol.